The zero-order valence-corrected chi connectivity index (χ0v) is 11.8. The molecule has 1 heterocycles. The van der Waals surface area contributed by atoms with Crippen LogP contribution in [-0.2, 0) is 11.3 Å². The van der Waals surface area contributed by atoms with Gasteiger partial charge < -0.3 is 19.9 Å². The fourth-order valence-corrected chi connectivity index (χ4v) is 1.78. The molecule has 0 unspecified atom stereocenters. The van der Waals surface area contributed by atoms with E-state index in [-0.39, 0.29) is 12.2 Å². The number of rotatable bonds is 5. The molecule has 0 aliphatic carbocycles. The van der Waals surface area contributed by atoms with Crippen LogP contribution in [0.1, 0.15) is 15.9 Å². The molecule has 0 aliphatic rings. The molecule has 0 spiro atoms. The number of nitrogens with two attached hydrogens (primary N) is 1. The molecular formula is C15H16N2O4. The lowest BCUT2D eigenvalue weighted by Gasteiger charge is -2.10. The van der Waals surface area contributed by atoms with Crippen LogP contribution >= 0.6 is 0 Å². The minimum atomic E-state index is -0.530. The summed E-state index contributed by atoms with van der Waals surface area (Å²) < 4.78 is 15.4. The number of ether oxygens (including phenoxy) is 3. The van der Waals surface area contributed by atoms with Crippen LogP contribution in [0, 0.1) is 0 Å². The van der Waals surface area contributed by atoms with Crippen molar-refractivity contribution in [3.8, 4) is 11.6 Å². The average Bonchev–Trinajstić information content (AvgIpc) is 2.53. The van der Waals surface area contributed by atoms with E-state index in [1.807, 2.05) is 0 Å². The number of benzene rings is 1. The molecule has 1 aromatic heterocycles. The second kappa shape index (κ2) is 6.60. The van der Waals surface area contributed by atoms with E-state index in [4.69, 9.17) is 19.9 Å². The molecule has 0 bridgehead atoms. The third-order valence-corrected chi connectivity index (χ3v) is 2.88. The van der Waals surface area contributed by atoms with Crippen LogP contribution in [-0.4, -0.2) is 25.2 Å². The molecule has 0 amide bonds. The zero-order chi connectivity index (χ0) is 15.2. The smallest absolute Gasteiger partial charge is 0.340 e. The Morgan fingerprint density at radius 2 is 2.05 bits per heavy atom. The Hall–Kier alpha value is -2.76. The SMILES string of the molecule is COc1ccc(N)c(C(=O)OCc2cccnc2OC)c1. The topological polar surface area (TPSA) is 83.7 Å². The minimum Gasteiger partial charge on any atom is -0.497 e. The van der Waals surface area contributed by atoms with Gasteiger partial charge in [0.25, 0.3) is 0 Å². The van der Waals surface area contributed by atoms with Crippen molar-refractivity contribution in [1.82, 2.24) is 4.98 Å². The van der Waals surface area contributed by atoms with Crippen molar-refractivity contribution in [2.45, 2.75) is 6.61 Å². The van der Waals surface area contributed by atoms with Crippen LogP contribution < -0.4 is 15.2 Å². The maximum Gasteiger partial charge on any atom is 0.340 e. The predicted molar refractivity (Wildman–Crippen MR) is 77.3 cm³/mol. The highest BCUT2D eigenvalue weighted by molar-refractivity contribution is 5.95. The number of carbonyl (C=O) groups is 1. The number of nitrogens with zero attached hydrogens (tertiary/aromatic N) is 1. The van der Waals surface area contributed by atoms with Crippen molar-refractivity contribution < 1.29 is 19.0 Å². The van der Waals surface area contributed by atoms with Gasteiger partial charge in [0.05, 0.1) is 25.3 Å². The summed E-state index contributed by atoms with van der Waals surface area (Å²) in [5.74, 6) is 0.427. The second-order valence-corrected chi connectivity index (χ2v) is 4.20. The van der Waals surface area contributed by atoms with Gasteiger partial charge in [-0.3, -0.25) is 0 Å². The molecule has 1 aromatic carbocycles. The third kappa shape index (κ3) is 3.42. The number of methoxy groups -OCH3 is 2. The van der Waals surface area contributed by atoms with E-state index >= 15 is 0 Å². The molecule has 0 saturated heterocycles. The van der Waals surface area contributed by atoms with Crippen LogP contribution in [0.25, 0.3) is 0 Å². The van der Waals surface area contributed by atoms with Gasteiger partial charge in [-0.15, -0.1) is 0 Å². The highest BCUT2D eigenvalue weighted by Gasteiger charge is 2.14. The van der Waals surface area contributed by atoms with Gasteiger partial charge in [0.1, 0.15) is 12.4 Å². The van der Waals surface area contributed by atoms with E-state index in [2.05, 4.69) is 4.98 Å². The summed E-state index contributed by atoms with van der Waals surface area (Å²) in [5.41, 5.74) is 7.05. The van der Waals surface area contributed by atoms with Crippen LogP contribution in [0.2, 0.25) is 0 Å². The first-order chi connectivity index (χ1) is 10.2. The predicted octanol–water partition coefficient (Wildman–Crippen LogP) is 2.04. The molecule has 2 N–H and O–H groups in total. The molecular weight excluding hydrogens is 272 g/mol. The monoisotopic (exact) mass is 288 g/mol. The van der Waals surface area contributed by atoms with Gasteiger partial charge in [-0.25, -0.2) is 9.78 Å². The normalized spacial score (nSPS) is 10.0. The summed E-state index contributed by atoms with van der Waals surface area (Å²) in [6.45, 7) is 0.0481. The molecule has 0 atom stereocenters. The van der Waals surface area contributed by atoms with Crippen LogP contribution in [0.15, 0.2) is 36.5 Å². The van der Waals surface area contributed by atoms with Gasteiger partial charge in [0.15, 0.2) is 0 Å². The third-order valence-electron chi connectivity index (χ3n) is 2.88. The number of hydrogen-bond donors (Lipinski definition) is 1. The maximum absolute atomic E-state index is 12.1. The minimum absolute atomic E-state index is 0.0481. The van der Waals surface area contributed by atoms with E-state index in [9.17, 15) is 4.79 Å². The van der Waals surface area contributed by atoms with Crippen LogP contribution in [0.4, 0.5) is 5.69 Å². The molecule has 0 aliphatic heterocycles. The van der Waals surface area contributed by atoms with Crippen molar-refractivity contribution in [1.29, 1.82) is 0 Å². The fourth-order valence-electron chi connectivity index (χ4n) is 1.78. The van der Waals surface area contributed by atoms with Crippen molar-refractivity contribution >= 4 is 11.7 Å². The molecule has 0 saturated carbocycles. The Balaban J connectivity index is 2.11. The zero-order valence-electron chi connectivity index (χ0n) is 11.8. The number of aromatic nitrogens is 1. The van der Waals surface area contributed by atoms with Gasteiger partial charge in [0, 0.05) is 11.9 Å². The number of anilines is 1. The Morgan fingerprint density at radius 3 is 2.76 bits per heavy atom. The molecule has 2 rings (SSSR count). The summed E-state index contributed by atoms with van der Waals surface area (Å²) in [6.07, 6.45) is 1.60. The molecule has 110 valence electrons. The molecule has 0 fully saturated rings. The van der Waals surface area contributed by atoms with Gasteiger partial charge in [0.2, 0.25) is 5.88 Å². The molecule has 21 heavy (non-hydrogen) atoms. The second-order valence-electron chi connectivity index (χ2n) is 4.20. The van der Waals surface area contributed by atoms with Crippen molar-refractivity contribution in [3.63, 3.8) is 0 Å². The number of carbonyl (C=O) groups excluding carboxylic acids is 1. The fraction of sp³-hybridized carbons (Fsp3) is 0.200. The highest BCUT2D eigenvalue weighted by Crippen LogP contribution is 2.21. The van der Waals surface area contributed by atoms with E-state index in [0.29, 0.717) is 22.9 Å². The van der Waals surface area contributed by atoms with Gasteiger partial charge in [-0.05, 0) is 30.3 Å². The van der Waals surface area contributed by atoms with E-state index in [0.717, 1.165) is 0 Å². The van der Waals surface area contributed by atoms with E-state index in [1.54, 1.807) is 30.5 Å². The first-order valence-electron chi connectivity index (χ1n) is 6.24. The Bertz CT molecular complexity index is 643. The maximum atomic E-state index is 12.1. The van der Waals surface area contributed by atoms with E-state index < -0.39 is 5.97 Å². The van der Waals surface area contributed by atoms with Crippen molar-refractivity contribution in [2.24, 2.45) is 0 Å². The Kier molecular flexibility index (Phi) is 4.61. The lowest BCUT2D eigenvalue weighted by molar-refractivity contribution is 0.0470. The summed E-state index contributed by atoms with van der Waals surface area (Å²) in [5, 5.41) is 0. The average molecular weight is 288 g/mol. The summed E-state index contributed by atoms with van der Waals surface area (Å²) in [6, 6.07) is 8.33. The van der Waals surface area contributed by atoms with Gasteiger partial charge in [-0.1, -0.05) is 0 Å². The van der Waals surface area contributed by atoms with Gasteiger partial charge >= 0.3 is 5.97 Å². The molecule has 6 nitrogen and oxygen atoms in total. The van der Waals surface area contributed by atoms with Gasteiger partial charge in [-0.2, -0.15) is 0 Å². The standard InChI is InChI=1S/C15H16N2O4/c1-19-11-5-6-13(16)12(8-11)15(18)21-9-10-4-3-7-17-14(10)20-2/h3-8H,9,16H2,1-2H3. The van der Waals surface area contributed by atoms with Crippen LogP contribution in [0.3, 0.4) is 0 Å². The summed E-state index contributed by atoms with van der Waals surface area (Å²) >= 11 is 0. The summed E-state index contributed by atoms with van der Waals surface area (Å²) in [7, 11) is 3.02. The summed E-state index contributed by atoms with van der Waals surface area (Å²) in [4.78, 5) is 16.1. The number of hydrogen-bond acceptors (Lipinski definition) is 6. The van der Waals surface area contributed by atoms with E-state index in [1.165, 1.54) is 20.3 Å². The molecule has 0 radical (unpaired) electrons. The molecule has 2 aromatic rings. The number of esters is 1. The van der Waals surface area contributed by atoms with Crippen LogP contribution in [0.5, 0.6) is 11.6 Å². The largest absolute Gasteiger partial charge is 0.497 e. The number of nitrogen functional groups attached to an aromatic ring is 1. The quantitative estimate of drug-likeness (QED) is 0.669. The lowest BCUT2D eigenvalue weighted by Crippen LogP contribution is -2.09. The lowest BCUT2D eigenvalue weighted by atomic mass is 10.1. The number of pyridine rings is 1. The Labute approximate surface area is 122 Å². The highest BCUT2D eigenvalue weighted by atomic mass is 16.5. The molecule has 6 heteroatoms. The van der Waals surface area contributed by atoms with Crippen molar-refractivity contribution in [2.75, 3.05) is 20.0 Å². The van der Waals surface area contributed by atoms with Crippen molar-refractivity contribution in [3.05, 3.63) is 47.7 Å². The Morgan fingerprint density at radius 1 is 1.24 bits per heavy atom. The first kappa shape index (κ1) is 14.6. The first-order valence-corrected chi connectivity index (χ1v) is 6.24.